The van der Waals surface area contributed by atoms with Gasteiger partial charge in [0.1, 0.15) is 17.5 Å². The first-order chi connectivity index (χ1) is 18.7. The van der Waals surface area contributed by atoms with E-state index < -0.39 is 0 Å². The third-order valence-corrected chi connectivity index (χ3v) is 6.32. The average Bonchev–Trinajstić information content (AvgIpc) is 3.75. The minimum atomic E-state index is -0.380. The Morgan fingerprint density at radius 2 is 1.53 bits per heavy atom. The Kier molecular flexibility index (Phi) is 5.06. The molecule has 2 aliphatic heterocycles. The van der Waals surface area contributed by atoms with Gasteiger partial charge in [0.15, 0.2) is 11.5 Å². The van der Waals surface area contributed by atoms with Gasteiger partial charge in [0.2, 0.25) is 0 Å². The van der Waals surface area contributed by atoms with E-state index in [9.17, 15) is 4.79 Å². The second kappa shape index (κ2) is 8.85. The van der Waals surface area contributed by atoms with E-state index in [0.29, 0.717) is 35.8 Å². The molecule has 0 atom stereocenters. The maximum absolute atomic E-state index is 12.9. The molecular weight excluding hydrogens is 482 g/mol. The molecule has 2 aliphatic rings. The van der Waals surface area contributed by atoms with Gasteiger partial charge in [-0.05, 0) is 41.5 Å². The second-order valence-corrected chi connectivity index (χ2v) is 8.70. The average molecular weight is 502 g/mol. The van der Waals surface area contributed by atoms with Gasteiger partial charge in [0, 0.05) is 12.4 Å². The monoisotopic (exact) mass is 501 g/mol. The predicted molar refractivity (Wildman–Crippen MR) is 137 cm³/mol. The lowest BCUT2D eigenvalue weighted by atomic mass is 10.2. The Hall–Kier alpha value is -5.52. The number of nitrogens with zero attached hydrogens (tertiary/aromatic N) is 11. The second-order valence-electron chi connectivity index (χ2n) is 8.70. The van der Waals surface area contributed by atoms with Crippen LogP contribution in [0.3, 0.4) is 0 Å². The highest BCUT2D eigenvalue weighted by molar-refractivity contribution is 5.85. The topological polar surface area (TPSA) is 127 Å². The molecule has 0 bridgehead atoms. The molecule has 5 heterocycles. The van der Waals surface area contributed by atoms with Crippen LogP contribution >= 0.6 is 0 Å². The first-order valence-corrected chi connectivity index (χ1v) is 11.8. The van der Waals surface area contributed by atoms with Crippen molar-refractivity contribution < 1.29 is 0 Å². The van der Waals surface area contributed by atoms with Crippen LogP contribution in [0.2, 0.25) is 0 Å². The molecule has 0 N–H and O–H groups in total. The van der Waals surface area contributed by atoms with E-state index in [2.05, 4.69) is 35.3 Å². The van der Waals surface area contributed by atoms with Crippen LogP contribution in [0.1, 0.15) is 11.1 Å². The van der Waals surface area contributed by atoms with Gasteiger partial charge < -0.3 is 4.57 Å². The van der Waals surface area contributed by atoms with Gasteiger partial charge in [-0.25, -0.2) is 29.1 Å². The third kappa shape index (κ3) is 3.80. The molecule has 0 radical (unpaired) electrons. The largest absolute Gasteiger partial charge is 0.350 e. The Morgan fingerprint density at radius 3 is 2.24 bits per heavy atom. The van der Waals surface area contributed by atoms with Gasteiger partial charge in [-0.1, -0.05) is 29.5 Å². The molecule has 0 unspecified atom stereocenters. The summed E-state index contributed by atoms with van der Waals surface area (Å²) in [6.07, 6.45) is 10.2. The minimum Gasteiger partial charge on any atom is -0.311 e. The predicted octanol–water partition coefficient (Wildman–Crippen LogP) is 2.35. The molecule has 0 spiro atoms. The number of benzene rings is 2. The summed E-state index contributed by atoms with van der Waals surface area (Å²) in [6.45, 7) is 0.867. The normalized spacial score (nSPS) is 11.5. The molecule has 3 aromatic heterocycles. The maximum Gasteiger partial charge on any atom is 0.350 e. The SMILES string of the molecule is O=c1nc2c3ncn(Cc4ccc(-n5ccnn5)cc4)c3ncnc-2n1Cc1ccc(-n2cccn2)cc1. The van der Waals surface area contributed by atoms with Crippen molar-refractivity contribution >= 4 is 11.2 Å². The van der Waals surface area contributed by atoms with Crippen molar-refractivity contribution in [2.75, 3.05) is 0 Å². The highest BCUT2D eigenvalue weighted by atomic mass is 16.1. The fourth-order valence-corrected chi connectivity index (χ4v) is 4.44. The summed E-state index contributed by atoms with van der Waals surface area (Å²) in [7, 11) is 0. The number of fused-ring (bicyclic) bond motifs is 3. The van der Waals surface area contributed by atoms with Gasteiger partial charge >= 0.3 is 5.69 Å². The smallest absolute Gasteiger partial charge is 0.311 e. The van der Waals surface area contributed by atoms with Gasteiger partial charge in [-0.3, -0.25) is 4.57 Å². The van der Waals surface area contributed by atoms with Crippen molar-refractivity contribution in [1.82, 2.24) is 53.8 Å². The van der Waals surface area contributed by atoms with Gasteiger partial charge in [0.05, 0.1) is 43.2 Å². The molecule has 5 aromatic rings. The molecule has 0 fully saturated rings. The quantitative estimate of drug-likeness (QED) is 0.340. The van der Waals surface area contributed by atoms with Gasteiger partial charge in [0.25, 0.3) is 0 Å². The molecule has 0 aliphatic carbocycles. The van der Waals surface area contributed by atoms with Crippen molar-refractivity contribution in [2.45, 2.75) is 13.1 Å². The molecule has 2 aromatic carbocycles. The van der Waals surface area contributed by atoms with E-state index in [1.54, 1.807) is 38.8 Å². The van der Waals surface area contributed by atoms with E-state index in [0.717, 1.165) is 22.5 Å². The van der Waals surface area contributed by atoms with Crippen molar-refractivity contribution in [3.05, 3.63) is 114 Å². The molecule has 0 amide bonds. The summed E-state index contributed by atoms with van der Waals surface area (Å²) in [6, 6.07) is 17.7. The number of rotatable bonds is 6. The van der Waals surface area contributed by atoms with E-state index in [1.165, 1.54) is 6.33 Å². The van der Waals surface area contributed by atoms with Crippen LogP contribution in [-0.2, 0) is 13.1 Å². The van der Waals surface area contributed by atoms with Crippen molar-refractivity contribution in [3.8, 4) is 22.9 Å². The fourth-order valence-electron chi connectivity index (χ4n) is 4.44. The zero-order valence-corrected chi connectivity index (χ0v) is 19.9. The number of aromatic nitrogens is 11. The molecule has 184 valence electrons. The highest BCUT2D eigenvalue weighted by Gasteiger charge is 2.21. The summed E-state index contributed by atoms with van der Waals surface area (Å²) in [5, 5.41) is 12.1. The Labute approximate surface area is 214 Å². The third-order valence-electron chi connectivity index (χ3n) is 6.32. The lowest BCUT2D eigenvalue weighted by Gasteiger charge is -2.06. The summed E-state index contributed by atoms with van der Waals surface area (Å²) >= 11 is 0. The highest BCUT2D eigenvalue weighted by Crippen LogP contribution is 2.24. The van der Waals surface area contributed by atoms with Crippen LogP contribution in [0, 0.1) is 0 Å². The van der Waals surface area contributed by atoms with Crippen LogP contribution in [0.15, 0.2) is 96.8 Å². The first-order valence-electron chi connectivity index (χ1n) is 11.8. The Morgan fingerprint density at radius 1 is 0.763 bits per heavy atom. The zero-order chi connectivity index (χ0) is 25.5. The molecule has 0 saturated carbocycles. The van der Waals surface area contributed by atoms with Crippen molar-refractivity contribution in [3.63, 3.8) is 0 Å². The lowest BCUT2D eigenvalue weighted by Crippen LogP contribution is -2.17. The lowest BCUT2D eigenvalue weighted by molar-refractivity contribution is 0.757. The number of hydrogen-bond acceptors (Lipinski definition) is 8. The number of imidazole rings is 2. The van der Waals surface area contributed by atoms with Crippen LogP contribution in [0.4, 0.5) is 0 Å². The van der Waals surface area contributed by atoms with Crippen molar-refractivity contribution in [1.29, 1.82) is 0 Å². The first kappa shape index (κ1) is 21.7. The van der Waals surface area contributed by atoms with Crippen LogP contribution in [0.5, 0.6) is 0 Å². The summed E-state index contributed by atoms with van der Waals surface area (Å²) < 4.78 is 6.94. The Bertz CT molecular complexity index is 1870. The van der Waals surface area contributed by atoms with Crippen LogP contribution in [0.25, 0.3) is 34.1 Å². The van der Waals surface area contributed by atoms with Crippen molar-refractivity contribution in [2.24, 2.45) is 0 Å². The molecule has 12 nitrogen and oxygen atoms in total. The Balaban J connectivity index is 1.18. The summed E-state index contributed by atoms with van der Waals surface area (Å²) in [5.41, 5.74) is 5.02. The van der Waals surface area contributed by atoms with E-state index in [-0.39, 0.29) is 5.69 Å². The molecular formula is C26H19N11O. The molecule has 0 saturated heterocycles. The van der Waals surface area contributed by atoms with Gasteiger partial charge in [-0.15, -0.1) is 5.10 Å². The summed E-state index contributed by atoms with van der Waals surface area (Å²) in [5.74, 6) is 0.441. The maximum atomic E-state index is 12.9. The van der Waals surface area contributed by atoms with Crippen LogP contribution < -0.4 is 5.69 Å². The van der Waals surface area contributed by atoms with E-state index >= 15 is 0 Å². The minimum absolute atomic E-state index is 0.325. The summed E-state index contributed by atoms with van der Waals surface area (Å²) in [4.78, 5) is 30.7. The molecule has 38 heavy (non-hydrogen) atoms. The fraction of sp³-hybridized carbons (Fsp3) is 0.0769. The van der Waals surface area contributed by atoms with Gasteiger partial charge in [-0.2, -0.15) is 10.1 Å². The van der Waals surface area contributed by atoms with E-state index in [1.807, 2.05) is 65.4 Å². The van der Waals surface area contributed by atoms with E-state index in [4.69, 9.17) is 0 Å². The zero-order valence-electron chi connectivity index (χ0n) is 19.9. The standard InChI is InChI=1S/C26H19N11O/c38-26-32-23-22-24(34(17-29-22)14-18-2-8-21(9-3-18)37-13-11-30-33-37)27-16-28-25(23)35(26)15-19-4-6-20(7-5-19)36-12-1-10-31-36/h1-13,16-17H,14-15H2. The molecule has 12 heteroatoms. The molecule has 7 rings (SSSR count). The number of hydrogen-bond donors (Lipinski definition) is 0. The van der Waals surface area contributed by atoms with Crippen LogP contribution in [-0.4, -0.2) is 53.8 Å².